The highest BCUT2D eigenvalue weighted by molar-refractivity contribution is 6.00. The van der Waals surface area contributed by atoms with Crippen LogP contribution < -0.4 is 10.6 Å². The number of nitrogens with one attached hydrogen (secondary N) is 2. The topological polar surface area (TPSA) is 118 Å². The van der Waals surface area contributed by atoms with Gasteiger partial charge in [0.1, 0.15) is 11.2 Å². The van der Waals surface area contributed by atoms with Crippen LogP contribution in [0.5, 0.6) is 0 Å². The molecule has 2 aliphatic rings. The predicted octanol–water partition coefficient (Wildman–Crippen LogP) is 2.47. The lowest BCUT2D eigenvalue weighted by Crippen LogP contribution is -2.41. The van der Waals surface area contributed by atoms with Crippen LogP contribution in [0, 0.1) is 5.92 Å². The molecule has 9 heteroatoms. The Kier molecular flexibility index (Phi) is 6.76. The van der Waals surface area contributed by atoms with Crippen LogP contribution in [0.15, 0.2) is 42.9 Å². The van der Waals surface area contributed by atoms with Crippen molar-refractivity contribution in [3.8, 4) is 0 Å². The van der Waals surface area contributed by atoms with Gasteiger partial charge >= 0.3 is 0 Å². The quantitative estimate of drug-likeness (QED) is 0.527. The highest BCUT2D eigenvalue weighted by atomic mass is 16.3. The Balaban J connectivity index is 0.000000821. The van der Waals surface area contributed by atoms with Crippen molar-refractivity contribution in [3.05, 3.63) is 59.5 Å². The Morgan fingerprint density at radius 2 is 1.82 bits per heavy atom. The van der Waals surface area contributed by atoms with Crippen LogP contribution in [0.25, 0.3) is 5.65 Å². The smallest absolute Gasteiger partial charge is 0.290 e. The third kappa shape index (κ3) is 4.76. The predicted molar refractivity (Wildman–Crippen MR) is 122 cm³/mol. The molecule has 9 nitrogen and oxygen atoms in total. The number of benzene rings is 1. The molecular formula is C24H29N5O4. The van der Waals surface area contributed by atoms with E-state index in [2.05, 4.69) is 33.9 Å². The molecule has 2 aliphatic carbocycles. The summed E-state index contributed by atoms with van der Waals surface area (Å²) in [6.07, 6.45) is 10.6. The molecule has 0 saturated heterocycles. The molecule has 174 valence electrons. The second kappa shape index (κ2) is 9.89. The maximum Gasteiger partial charge on any atom is 0.290 e. The second-order valence-electron chi connectivity index (χ2n) is 8.66. The number of rotatable bonds is 4. The molecule has 2 aromatic heterocycles. The largest absolute Gasteiger partial charge is 0.483 e. The molecule has 1 aromatic carbocycles. The molecule has 2 amide bonds. The summed E-state index contributed by atoms with van der Waals surface area (Å²) in [5, 5.41) is 17.5. The number of nitrogens with zero attached hydrogens (tertiary/aromatic N) is 3. The lowest BCUT2D eigenvalue weighted by molar-refractivity contribution is -0.127. The van der Waals surface area contributed by atoms with Gasteiger partial charge in [0.15, 0.2) is 0 Å². The van der Waals surface area contributed by atoms with Crippen molar-refractivity contribution in [1.82, 2.24) is 24.8 Å². The molecular weight excluding hydrogens is 422 g/mol. The summed E-state index contributed by atoms with van der Waals surface area (Å²) < 4.78 is 3.60. The van der Waals surface area contributed by atoms with Crippen molar-refractivity contribution in [2.75, 3.05) is 0 Å². The number of hydrogen-bond acceptors (Lipinski definition) is 4. The van der Waals surface area contributed by atoms with Gasteiger partial charge in [-0.1, -0.05) is 24.3 Å². The summed E-state index contributed by atoms with van der Waals surface area (Å²) >= 11 is 0. The molecule has 0 bridgehead atoms. The first-order valence-corrected chi connectivity index (χ1v) is 11.3. The Hall–Kier alpha value is -3.62. The number of fused-ring (bicyclic) bond motifs is 2. The van der Waals surface area contributed by atoms with Gasteiger partial charge in [-0.15, -0.1) is 0 Å². The van der Waals surface area contributed by atoms with Crippen molar-refractivity contribution in [1.29, 1.82) is 0 Å². The number of carboxylic acid groups (broad SMARTS) is 1. The van der Waals surface area contributed by atoms with E-state index in [1.54, 1.807) is 10.7 Å². The molecule has 0 spiro atoms. The van der Waals surface area contributed by atoms with Gasteiger partial charge in [0.2, 0.25) is 5.91 Å². The Bertz CT molecular complexity index is 1140. The first kappa shape index (κ1) is 22.6. The minimum Gasteiger partial charge on any atom is -0.483 e. The van der Waals surface area contributed by atoms with Gasteiger partial charge in [0, 0.05) is 31.4 Å². The van der Waals surface area contributed by atoms with E-state index in [1.807, 2.05) is 30.1 Å². The third-order valence-electron chi connectivity index (χ3n) is 6.66. The number of carbonyl (C=O) groups is 3. The number of aromatic nitrogens is 3. The SMILES string of the molecule is Cn1ccn2ncc(C(=O)NC3CCC(C(=O)NC4CCc5ccccc54)CC3)c12.O=CO. The molecule has 1 unspecified atom stereocenters. The summed E-state index contributed by atoms with van der Waals surface area (Å²) in [6.45, 7) is -0.250. The second-order valence-corrected chi connectivity index (χ2v) is 8.66. The minimum absolute atomic E-state index is 0.0293. The fraction of sp³-hybridized carbons (Fsp3) is 0.417. The maximum absolute atomic E-state index is 12.8. The fourth-order valence-corrected chi connectivity index (χ4v) is 4.97. The monoisotopic (exact) mass is 451 g/mol. The van der Waals surface area contributed by atoms with E-state index in [0.717, 1.165) is 44.2 Å². The van der Waals surface area contributed by atoms with Crippen molar-refractivity contribution in [2.24, 2.45) is 13.0 Å². The number of hydrogen-bond donors (Lipinski definition) is 3. The van der Waals surface area contributed by atoms with Gasteiger partial charge in [-0.05, 0) is 49.7 Å². The van der Waals surface area contributed by atoms with Gasteiger partial charge in [0.05, 0.1) is 12.2 Å². The van der Waals surface area contributed by atoms with Crippen LogP contribution in [0.1, 0.15) is 59.6 Å². The van der Waals surface area contributed by atoms with Gasteiger partial charge < -0.3 is 20.3 Å². The number of imidazole rings is 1. The number of amides is 2. The molecule has 1 fully saturated rings. The van der Waals surface area contributed by atoms with Crippen LogP contribution in [0.4, 0.5) is 0 Å². The fourth-order valence-electron chi connectivity index (χ4n) is 4.97. The summed E-state index contributed by atoms with van der Waals surface area (Å²) in [7, 11) is 1.90. The zero-order chi connectivity index (χ0) is 23.4. The lowest BCUT2D eigenvalue weighted by atomic mass is 9.85. The van der Waals surface area contributed by atoms with Crippen molar-refractivity contribution in [2.45, 2.75) is 50.6 Å². The molecule has 0 aliphatic heterocycles. The third-order valence-corrected chi connectivity index (χ3v) is 6.66. The molecule has 3 N–H and O–H groups in total. The minimum atomic E-state index is -0.250. The van der Waals surface area contributed by atoms with E-state index in [-0.39, 0.29) is 36.3 Å². The van der Waals surface area contributed by atoms with Gasteiger partial charge in [-0.2, -0.15) is 5.10 Å². The summed E-state index contributed by atoms with van der Waals surface area (Å²) in [5.74, 6) is 0.0903. The average molecular weight is 452 g/mol. The Morgan fingerprint density at radius 3 is 2.58 bits per heavy atom. The average Bonchev–Trinajstić information content (AvgIpc) is 3.52. The summed E-state index contributed by atoms with van der Waals surface area (Å²) in [6, 6.07) is 8.62. The standard InChI is InChI=1S/C23H27N5O2.CH2O2/c1-27-12-13-28-23(27)19(14-24-28)22(30)25-17-9-6-16(7-10-17)21(29)26-20-11-8-15-4-2-3-5-18(15)20;2-1-3/h2-5,12-14,16-17,20H,6-11H2,1H3,(H,25,30)(H,26,29);1H,(H,2,3). The maximum atomic E-state index is 12.8. The van der Waals surface area contributed by atoms with Crippen LogP contribution in [-0.4, -0.2) is 43.6 Å². The highest BCUT2D eigenvalue weighted by Crippen LogP contribution is 2.32. The summed E-state index contributed by atoms with van der Waals surface area (Å²) in [4.78, 5) is 33.9. The summed E-state index contributed by atoms with van der Waals surface area (Å²) in [5.41, 5.74) is 3.99. The molecule has 2 heterocycles. The van der Waals surface area contributed by atoms with Crippen molar-refractivity contribution < 1.29 is 19.5 Å². The van der Waals surface area contributed by atoms with Gasteiger partial charge in [-0.3, -0.25) is 14.4 Å². The van der Waals surface area contributed by atoms with E-state index in [0.29, 0.717) is 5.56 Å². The first-order valence-electron chi connectivity index (χ1n) is 11.3. The zero-order valence-corrected chi connectivity index (χ0v) is 18.6. The van der Waals surface area contributed by atoms with Crippen LogP contribution >= 0.6 is 0 Å². The van der Waals surface area contributed by atoms with Crippen LogP contribution in [0.3, 0.4) is 0 Å². The van der Waals surface area contributed by atoms with E-state index >= 15 is 0 Å². The Labute approximate surface area is 191 Å². The van der Waals surface area contributed by atoms with E-state index < -0.39 is 0 Å². The van der Waals surface area contributed by atoms with E-state index in [1.165, 1.54) is 11.1 Å². The molecule has 0 radical (unpaired) electrons. The number of aryl methyl sites for hydroxylation is 2. The molecule has 5 rings (SSSR count). The first-order chi connectivity index (χ1) is 16.0. The van der Waals surface area contributed by atoms with Gasteiger partial charge in [0.25, 0.3) is 12.4 Å². The van der Waals surface area contributed by atoms with E-state index in [9.17, 15) is 9.59 Å². The number of carbonyl (C=O) groups excluding carboxylic acids is 2. The zero-order valence-electron chi connectivity index (χ0n) is 18.6. The van der Waals surface area contributed by atoms with Gasteiger partial charge in [-0.25, -0.2) is 4.52 Å². The highest BCUT2D eigenvalue weighted by Gasteiger charge is 2.31. The lowest BCUT2D eigenvalue weighted by Gasteiger charge is -2.29. The van der Waals surface area contributed by atoms with Crippen LogP contribution in [0.2, 0.25) is 0 Å². The van der Waals surface area contributed by atoms with E-state index in [4.69, 9.17) is 9.90 Å². The van der Waals surface area contributed by atoms with Crippen molar-refractivity contribution >= 4 is 23.9 Å². The molecule has 33 heavy (non-hydrogen) atoms. The van der Waals surface area contributed by atoms with Crippen molar-refractivity contribution in [3.63, 3.8) is 0 Å². The Morgan fingerprint density at radius 1 is 1.09 bits per heavy atom. The molecule has 1 saturated carbocycles. The normalized spacial score (nSPS) is 21.5. The van der Waals surface area contributed by atoms with Crippen LogP contribution in [-0.2, 0) is 23.1 Å². The molecule has 3 aromatic rings. The molecule has 1 atom stereocenters.